The van der Waals surface area contributed by atoms with Crippen molar-refractivity contribution in [2.45, 2.75) is 31.7 Å². The minimum Gasteiger partial charge on any atom is -0.371 e. The molecule has 0 aromatic rings. The van der Waals surface area contributed by atoms with Gasteiger partial charge in [0.1, 0.15) is 0 Å². The zero-order valence-corrected chi connectivity index (χ0v) is 5.56. The van der Waals surface area contributed by atoms with Crippen LogP contribution in [0.3, 0.4) is 0 Å². The number of aliphatic imine (C=N–C) groups is 1. The third kappa shape index (κ3) is 1.23. The summed E-state index contributed by atoms with van der Waals surface area (Å²) in [6.45, 7) is 1.05. The summed E-state index contributed by atoms with van der Waals surface area (Å²) < 4.78 is 0. The van der Waals surface area contributed by atoms with Gasteiger partial charge in [-0.2, -0.15) is 0 Å². The van der Waals surface area contributed by atoms with E-state index in [0.29, 0.717) is 0 Å². The zero-order chi connectivity index (χ0) is 6.10. The fourth-order valence-corrected chi connectivity index (χ4v) is 1.12. The molecule has 0 unspecified atom stereocenters. The molecule has 0 atom stereocenters. The van der Waals surface area contributed by atoms with Crippen molar-refractivity contribution in [3.8, 4) is 0 Å². The molecule has 2 heteroatoms. The fraction of sp³-hybridized carbons (Fsp3) is 0.857. The van der Waals surface area contributed by atoms with E-state index in [0.717, 1.165) is 12.6 Å². The number of rotatable bonds is 1. The molecule has 9 heavy (non-hydrogen) atoms. The maximum absolute atomic E-state index is 4.32. The van der Waals surface area contributed by atoms with E-state index < -0.39 is 0 Å². The molecule has 50 valence electrons. The average molecular weight is 124 g/mol. The van der Waals surface area contributed by atoms with Gasteiger partial charge < -0.3 is 5.32 Å². The van der Waals surface area contributed by atoms with Gasteiger partial charge in [0, 0.05) is 19.0 Å². The molecule has 0 amide bonds. The van der Waals surface area contributed by atoms with Gasteiger partial charge in [-0.3, -0.25) is 4.99 Å². The maximum atomic E-state index is 4.32. The molecule has 0 radical (unpaired) electrons. The van der Waals surface area contributed by atoms with Crippen molar-refractivity contribution in [1.29, 1.82) is 0 Å². The minimum absolute atomic E-state index is 0.793. The first-order valence-electron chi connectivity index (χ1n) is 3.75. The highest BCUT2D eigenvalue weighted by Crippen LogP contribution is 2.19. The first-order valence-corrected chi connectivity index (χ1v) is 3.75. The zero-order valence-electron chi connectivity index (χ0n) is 5.56. The van der Waals surface area contributed by atoms with Crippen molar-refractivity contribution in [2.75, 3.05) is 6.54 Å². The quantitative estimate of drug-likeness (QED) is 0.552. The van der Waals surface area contributed by atoms with Crippen molar-refractivity contribution < 1.29 is 0 Å². The first-order chi connectivity index (χ1) is 4.45. The summed E-state index contributed by atoms with van der Waals surface area (Å²) in [5.41, 5.74) is 0. The molecule has 2 nitrogen and oxygen atoms in total. The number of nitrogens with one attached hydrogen (secondary N) is 1. The van der Waals surface area contributed by atoms with Crippen LogP contribution in [0.25, 0.3) is 0 Å². The summed E-state index contributed by atoms with van der Waals surface area (Å²) >= 11 is 0. The third-order valence-electron chi connectivity index (χ3n) is 1.82. The van der Waals surface area contributed by atoms with Gasteiger partial charge in [-0.15, -0.1) is 0 Å². The number of nitrogens with zero attached hydrogens (tertiary/aromatic N) is 1. The topological polar surface area (TPSA) is 24.4 Å². The lowest BCUT2D eigenvalue weighted by atomic mass is 10.3. The van der Waals surface area contributed by atoms with Gasteiger partial charge in [-0.1, -0.05) is 0 Å². The predicted octanol–water partition coefficient (Wildman–Crippen LogP) is 0.931. The van der Waals surface area contributed by atoms with Crippen molar-refractivity contribution >= 4 is 5.84 Å². The summed E-state index contributed by atoms with van der Waals surface area (Å²) in [6.07, 6.45) is 5.17. The average Bonchev–Trinajstić information content (AvgIpc) is 2.46. The van der Waals surface area contributed by atoms with E-state index in [1.165, 1.54) is 31.5 Å². The number of hydrogen-bond acceptors (Lipinski definition) is 2. The minimum atomic E-state index is 0.793. The van der Waals surface area contributed by atoms with E-state index >= 15 is 0 Å². The van der Waals surface area contributed by atoms with Crippen molar-refractivity contribution in [2.24, 2.45) is 4.99 Å². The van der Waals surface area contributed by atoms with E-state index in [9.17, 15) is 0 Å². The molecule has 0 aromatic carbocycles. The fourth-order valence-electron chi connectivity index (χ4n) is 1.12. The molecule has 2 aliphatic rings. The first kappa shape index (κ1) is 5.27. The van der Waals surface area contributed by atoms with Crippen LogP contribution in [0.15, 0.2) is 4.99 Å². The second-order valence-corrected chi connectivity index (χ2v) is 2.85. The molecule has 1 aliphatic carbocycles. The van der Waals surface area contributed by atoms with Gasteiger partial charge in [0.05, 0.1) is 5.84 Å². The van der Waals surface area contributed by atoms with Crippen LogP contribution in [0.1, 0.15) is 25.7 Å². The summed E-state index contributed by atoms with van der Waals surface area (Å²) in [5.74, 6) is 1.26. The van der Waals surface area contributed by atoms with Crippen LogP contribution in [0.4, 0.5) is 0 Å². The number of hydrogen-bond donors (Lipinski definition) is 1. The van der Waals surface area contributed by atoms with E-state index in [1.807, 2.05) is 0 Å². The molecule has 1 N–H and O–H groups in total. The van der Waals surface area contributed by atoms with E-state index in [-0.39, 0.29) is 0 Å². The maximum Gasteiger partial charge on any atom is 0.0965 e. The van der Waals surface area contributed by atoms with E-state index in [1.54, 1.807) is 0 Å². The summed E-state index contributed by atoms with van der Waals surface area (Å²) in [5, 5.41) is 3.40. The molecular weight excluding hydrogens is 112 g/mol. The summed E-state index contributed by atoms with van der Waals surface area (Å²) in [7, 11) is 0. The van der Waals surface area contributed by atoms with Gasteiger partial charge in [0.15, 0.2) is 0 Å². The van der Waals surface area contributed by atoms with E-state index in [2.05, 4.69) is 10.3 Å². The van der Waals surface area contributed by atoms with Crippen LogP contribution in [0.5, 0.6) is 0 Å². The SMILES string of the molecule is C1CN=C(NC2CC2)C1. The largest absolute Gasteiger partial charge is 0.371 e. The van der Waals surface area contributed by atoms with Crippen molar-refractivity contribution in [3.63, 3.8) is 0 Å². The Balaban J connectivity index is 1.82. The normalized spacial score (nSPS) is 26.0. The van der Waals surface area contributed by atoms with Crippen LogP contribution in [0.2, 0.25) is 0 Å². The molecule has 2 rings (SSSR count). The summed E-state index contributed by atoms with van der Waals surface area (Å²) in [6, 6.07) is 0.793. The third-order valence-corrected chi connectivity index (χ3v) is 1.82. The molecule has 1 saturated carbocycles. The second kappa shape index (κ2) is 2.01. The Hall–Kier alpha value is -0.530. The Morgan fingerprint density at radius 2 is 2.33 bits per heavy atom. The highest BCUT2D eigenvalue weighted by molar-refractivity contribution is 5.84. The Labute approximate surface area is 55.4 Å². The molecule has 0 saturated heterocycles. The second-order valence-electron chi connectivity index (χ2n) is 2.85. The van der Waals surface area contributed by atoms with Crippen LogP contribution in [-0.2, 0) is 0 Å². The molecular formula is C7H12N2. The van der Waals surface area contributed by atoms with Crippen LogP contribution in [-0.4, -0.2) is 18.4 Å². The van der Waals surface area contributed by atoms with Gasteiger partial charge >= 0.3 is 0 Å². The predicted molar refractivity (Wildman–Crippen MR) is 37.7 cm³/mol. The van der Waals surface area contributed by atoms with Gasteiger partial charge in [-0.25, -0.2) is 0 Å². The Morgan fingerprint density at radius 3 is 2.89 bits per heavy atom. The lowest BCUT2D eigenvalue weighted by Crippen LogP contribution is -2.23. The molecule has 1 heterocycles. The Morgan fingerprint density at radius 1 is 1.44 bits per heavy atom. The molecule has 1 fully saturated rings. The standard InChI is InChI=1S/C7H12N2/c1-2-7(8-5-1)9-6-3-4-6/h6H,1-5H2,(H,8,9). The van der Waals surface area contributed by atoms with Crippen LogP contribution >= 0.6 is 0 Å². The highest BCUT2D eigenvalue weighted by atomic mass is 15.1. The smallest absolute Gasteiger partial charge is 0.0965 e. The lowest BCUT2D eigenvalue weighted by molar-refractivity contribution is 0.883. The van der Waals surface area contributed by atoms with Crippen molar-refractivity contribution in [1.82, 2.24) is 5.32 Å². The van der Waals surface area contributed by atoms with E-state index in [4.69, 9.17) is 0 Å². The van der Waals surface area contributed by atoms with Gasteiger partial charge in [0.25, 0.3) is 0 Å². The Bertz CT molecular complexity index is 136. The molecule has 0 spiro atoms. The monoisotopic (exact) mass is 124 g/mol. The van der Waals surface area contributed by atoms with Crippen LogP contribution < -0.4 is 5.32 Å². The van der Waals surface area contributed by atoms with Gasteiger partial charge in [0.2, 0.25) is 0 Å². The van der Waals surface area contributed by atoms with Crippen LogP contribution in [0, 0.1) is 0 Å². The van der Waals surface area contributed by atoms with Crippen molar-refractivity contribution in [3.05, 3.63) is 0 Å². The lowest BCUT2D eigenvalue weighted by Gasteiger charge is -2.00. The van der Waals surface area contributed by atoms with Gasteiger partial charge in [-0.05, 0) is 19.3 Å². The molecule has 0 bridgehead atoms. The molecule has 0 aromatic heterocycles. The summed E-state index contributed by atoms with van der Waals surface area (Å²) in [4.78, 5) is 4.32. The highest BCUT2D eigenvalue weighted by Gasteiger charge is 2.22. The Kier molecular flexibility index (Phi) is 1.18. The molecule has 1 aliphatic heterocycles. The number of amidine groups is 1.